The fourth-order valence-electron chi connectivity index (χ4n) is 9.59. The average molecular weight is 990 g/mol. The summed E-state index contributed by atoms with van der Waals surface area (Å²) in [4.78, 5) is 59.4. The molecule has 2 fully saturated rings. The van der Waals surface area contributed by atoms with E-state index in [4.69, 9.17) is 35.0 Å². The highest BCUT2D eigenvalue weighted by molar-refractivity contribution is 6.31. The van der Waals surface area contributed by atoms with E-state index >= 15 is 0 Å². The van der Waals surface area contributed by atoms with Crippen LogP contribution in [-0.2, 0) is 25.7 Å². The minimum Gasteiger partial charge on any atom is -0.491 e. The number of hydrogen-bond donors (Lipinski definition) is 4. The largest absolute Gasteiger partial charge is 0.491 e. The van der Waals surface area contributed by atoms with E-state index in [9.17, 15) is 29.5 Å². The van der Waals surface area contributed by atoms with E-state index in [0.717, 1.165) is 16.8 Å². The van der Waals surface area contributed by atoms with Crippen molar-refractivity contribution in [1.82, 2.24) is 25.8 Å². The molecule has 0 spiro atoms. The monoisotopic (exact) mass is 988 g/mol. The summed E-state index contributed by atoms with van der Waals surface area (Å²) < 4.78 is 29.2. The molecule has 374 valence electrons. The normalized spacial score (nSPS) is 19.4. The number of β-amino-alcohol motifs (C(OH)–C–C–N with tert-alkyl or cyclic N) is 1. The number of ether oxygens (including phenoxy) is 4. The van der Waals surface area contributed by atoms with Gasteiger partial charge in [0.25, 0.3) is 5.91 Å². The van der Waals surface area contributed by atoms with Crippen LogP contribution in [0.3, 0.4) is 0 Å². The van der Waals surface area contributed by atoms with Gasteiger partial charge in [-0.25, -0.2) is 4.98 Å². The predicted octanol–water partition coefficient (Wildman–Crippen LogP) is 7.78. The number of aromatic nitrogens is 1. The smallest absolute Gasteiger partial charge is 0.251 e. The lowest BCUT2D eigenvalue weighted by Gasteiger charge is -2.63. The number of amides is 4. The lowest BCUT2D eigenvalue weighted by molar-refractivity contribution is -0.164. The Morgan fingerprint density at radius 2 is 1.55 bits per heavy atom. The highest BCUT2D eigenvalue weighted by Crippen LogP contribution is 2.55. The van der Waals surface area contributed by atoms with Gasteiger partial charge in [-0.05, 0) is 78.6 Å². The number of halogens is 1. The molecule has 5 aromatic rings. The van der Waals surface area contributed by atoms with Crippen LogP contribution >= 0.6 is 11.6 Å². The predicted molar refractivity (Wildman–Crippen MR) is 265 cm³/mol. The first-order chi connectivity index (χ1) is 33.6. The summed E-state index contributed by atoms with van der Waals surface area (Å²) in [6, 6.07) is 26.3. The standard InChI is InChI=1S/C54H61ClN6O10/c1-32-45(69-31-58-32)34-11-9-33(10-12-34)28-57-48(65)43-25-37(62)29-61(43)49(66)46(52(2,3)4)59-44(63)30-67-23-24-68-38-19-21-40(22-20-38)70-39-16-13-35(14-17-39)47(64)60-50-53(5,6)51(54(50,7)8)71-41-18-15-36(27-56)42(55)26-41/h9-22,26,31,37,43,46,50-51,62H,23-25,28-30H2,1-8H3,(H,57,65)(H,59,63)(H,60,64)/t37-,43+,46?,50?,51?/m1/s1. The van der Waals surface area contributed by atoms with Crippen LogP contribution in [0.25, 0.3) is 11.3 Å². The number of nitrogens with one attached hydrogen (secondary N) is 3. The zero-order valence-electron chi connectivity index (χ0n) is 41.2. The highest BCUT2D eigenvalue weighted by Gasteiger charge is 2.64. The number of oxazole rings is 1. The molecule has 16 nitrogen and oxygen atoms in total. The summed E-state index contributed by atoms with van der Waals surface area (Å²) in [5.74, 6) is 1.25. The summed E-state index contributed by atoms with van der Waals surface area (Å²) in [7, 11) is 0. The molecule has 71 heavy (non-hydrogen) atoms. The third-order valence-electron chi connectivity index (χ3n) is 13.0. The zero-order valence-corrected chi connectivity index (χ0v) is 42.0. The molecule has 3 atom stereocenters. The fraction of sp³-hybridized carbons (Fsp3) is 0.407. The van der Waals surface area contributed by atoms with Crippen molar-refractivity contribution in [3.8, 4) is 40.4 Å². The molecule has 0 radical (unpaired) electrons. The number of aryl methyl sites for hydroxylation is 1. The molecule has 1 saturated heterocycles. The molecule has 1 aliphatic heterocycles. The van der Waals surface area contributed by atoms with E-state index in [1.165, 1.54) is 11.3 Å². The molecule has 2 heterocycles. The lowest BCUT2D eigenvalue weighted by Crippen LogP contribution is -2.74. The average Bonchev–Trinajstić information content (AvgIpc) is 3.95. The van der Waals surface area contributed by atoms with Crippen molar-refractivity contribution in [2.75, 3.05) is 26.4 Å². The number of carbonyl (C=O) groups excluding carboxylic acids is 4. The van der Waals surface area contributed by atoms with Crippen LogP contribution in [0, 0.1) is 34.5 Å². The molecule has 4 aromatic carbocycles. The maximum Gasteiger partial charge on any atom is 0.251 e. The Bertz CT molecular complexity index is 2730. The molecule has 7 rings (SSSR count). The number of nitriles is 1. The van der Waals surface area contributed by atoms with Crippen LogP contribution < -0.4 is 30.2 Å². The first kappa shape index (κ1) is 51.9. The van der Waals surface area contributed by atoms with Crippen molar-refractivity contribution < 1.29 is 47.6 Å². The Hall–Kier alpha value is -6.93. The molecule has 17 heteroatoms. The van der Waals surface area contributed by atoms with Gasteiger partial charge in [-0.1, -0.05) is 84.3 Å². The zero-order chi connectivity index (χ0) is 51.3. The van der Waals surface area contributed by atoms with Gasteiger partial charge in [0.15, 0.2) is 12.2 Å². The van der Waals surface area contributed by atoms with Gasteiger partial charge >= 0.3 is 0 Å². The number of carbonyl (C=O) groups is 4. The van der Waals surface area contributed by atoms with Gasteiger partial charge in [0.1, 0.15) is 60.5 Å². The second-order valence-corrected chi connectivity index (χ2v) is 20.7. The lowest BCUT2D eigenvalue weighted by atomic mass is 9.49. The van der Waals surface area contributed by atoms with E-state index in [2.05, 4.69) is 27.0 Å². The van der Waals surface area contributed by atoms with Crippen LogP contribution in [0.4, 0.5) is 0 Å². The van der Waals surface area contributed by atoms with Crippen LogP contribution in [0.15, 0.2) is 102 Å². The van der Waals surface area contributed by atoms with E-state index < -0.39 is 52.2 Å². The number of likely N-dealkylation sites (tertiary alicyclic amines) is 1. The first-order valence-corrected chi connectivity index (χ1v) is 23.8. The van der Waals surface area contributed by atoms with Crippen molar-refractivity contribution in [3.63, 3.8) is 0 Å². The Labute approximate surface area is 419 Å². The first-order valence-electron chi connectivity index (χ1n) is 23.5. The Kier molecular flexibility index (Phi) is 15.8. The molecular weight excluding hydrogens is 928 g/mol. The van der Waals surface area contributed by atoms with Crippen molar-refractivity contribution in [1.29, 1.82) is 5.26 Å². The number of nitrogens with zero attached hydrogens (tertiary/aromatic N) is 3. The maximum absolute atomic E-state index is 14.0. The van der Waals surface area contributed by atoms with Gasteiger partial charge in [0.2, 0.25) is 17.7 Å². The van der Waals surface area contributed by atoms with Gasteiger partial charge in [0, 0.05) is 53.6 Å². The van der Waals surface area contributed by atoms with E-state index in [1.54, 1.807) is 66.7 Å². The van der Waals surface area contributed by atoms with Crippen molar-refractivity contribution in [2.45, 2.75) is 98.7 Å². The molecule has 1 aliphatic carbocycles. The van der Waals surface area contributed by atoms with Gasteiger partial charge < -0.3 is 49.3 Å². The van der Waals surface area contributed by atoms with Gasteiger partial charge in [-0.15, -0.1) is 0 Å². The minimum atomic E-state index is -1.00. The second kappa shape index (κ2) is 21.6. The summed E-state index contributed by atoms with van der Waals surface area (Å²) in [6.45, 7) is 15.5. The molecule has 0 bridgehead atoms. The summed E-state index contributed by atoms with van der Waals surface area (Å²) in [5.41, 5.74) is 1.76. The molecule has 1 unspecified atom stereocenters. The van der Waals surface area contributed by atoms with Gasteiger partial charge in [-0.3, -0.25) is 19.2 Å². The summed E-state index contributed by atoms with van der Waals surface area (Å²) >= 11 is 6.24. The van der Waals surface area contributed by atoms with Crippen molar-refractivity contribution in [2.24, 2.45) is 16.2 Å². The van der Waals surface area contributed by atoms with Crippen LogP contribution in [0.1, 0.15) is 82.1 Å². The van der Waals surface area contributed by atoms with Crippen molar-refractivity contribution in [3.05, 3.63) is 125 Å². The van der Waals surface area contributed by atoms with Crippen LogP contribution in [-0.4, -0.2) is 95.3 Å². The quantitative estimate of drug-likeness (QED) is 0.0620. The Morgan fingerprint density at radius 1 is 0.915 bits per heavy atom. The minimum absolute atomic E-state index is 0.0446. The summed E-state index contributed by atoms with van der Waals surface area (Å²) in [6.07, 6.45) is 0.329. The second-order valence-electron chi connectivity index (χ2n) is 20.2. The molecule has 1 saturated carbocycles. The molecule has 1 aromatic heterocycles. The van der Waals surface area contributed by atoms with E-state index in [-0.39, 0.29) is 57.4 Å². The molecule has 4 amide bonds. The van der Waals surface area contributed by atoms with Crippen LogP contribution in [0.5, 0.6) is 23.0 Å². The number of benzene rings is 4. The molecular formula is C54H61ClN6O10. The van der Waals surface area contributed by atoms with E-state index in [1.807, 2.05) is 79.7 Å². The number of rotatable bonds is 18. The molecule has 4 N–H and O–H groups in total. The molecule has 2 aliphatic rings. The van der Waals surface area contributed by atoms with E-state index in [0.29, 0.717) is 44.9 Å². The summed E-state index contributed by atoms with van der Waals surface area (Å²) in [5, 5.41) is 29.0. The third kappa shape index (κ3) is 12.2. The fourth-order valence-corrected chi connectivity index (χ4v) is 9.80. The topological polar surface area (TPSA) is 215 Å². The Morgan fingerprint density at radius 3 is 2.15 bits per heavy atom. The van der Waals surface area contributed by atoms with Crippen LogP contribution in [0.2, 0.25) is 5.02 Å². The number of aliphatic hydroxyl groups excluding tert-OH is 1. The SMILES string of the molecule is Cc1ncoc1-c1ccc(CNC(=O)[C@@H]2C[C@@H](O)CN2C(=O)C(NC(=O)COCCOc2ccc(Oc3ccc(C(=O)NC4C(C)(C)C(Oc5ccc(C#N)c(Cl)c5)C4(C)C)cc3)cc2)C(C)(C)C)cc1. The highest BCUT2D eigenvalue weighted by atomic mass is 35.5. The number of hydrogen-bond acceptors (Lipinski definition) is 12. The van der Waals surface area contributed by atoms with Crippen molar-refractivity contribution >= 4 is 35.2 Å². The van der Waals surface area contributed by atoms with Gasteiger partial charge in [-0.2, -0.15) is 5.26 Å². The third-order valence-corrected chi connectivity index (χ3v) is 13.4. The van der Waals surface area contributed by atoms with Gasteiger partial charge in [0.05, 0.1) is 29.0 Å². The maximum atomic E-state index is 14.0. The Balaban J connectivity index is 0.823. The number of aliphatic hydroxyl groups is 1.